The van der Waals surface area contributed by atoms with Gasteiger partial charge in [0.15, 0.2) is 0 Å². The zero-order valence-corrected chi connectivity index (χ0v) is 6.98. The van der Waals surface area contributed by atoms with Crippen molar-refractivity contribution >= 4 is 0 Å². The van der Waals surface area contributed by atoms with Gasteiger partial charge in [0.05, 0.1) is 5.54 Å². The Bertz CT molecular complexity index is 180. The van der Waals surface area contributed by atoms with Crippen molar-refractivity contribution < 1.29 is 0 Å². The maximum Gasteiger partial charge on any atom is 0.0571 e. The van der Waals surface area contributed by atoms with E-state index in [0.29, 0.717) is 5.41 Å². The van der Waals surface area contributed by atoms with E-state index in [2.05, 4.69) is 17.6 Å². The minimum Gasteiger partial charge on any atom is -0.286 e. The molecule has 0 spiro atoms. The third-order valence-electron chi connectivity index (χ3n) is 3.47. The van der Waals surface area contributed by atoms with E-state index in [-0.39, 0.29) is 5.54 Å². The summed E-state index contributed by atoms with van der Waals surface area (Å²) < 4.78 is 0. The van der Waals surface area contributed by atoms with Crippen molar-refractivity contribution in [1.82, 2.24) is 5.43 Å². The summed E-state index contributed by atoms with van der Waals surface area (Å²) in [7, 11) is 0. The van der Waals surface area contributed by atoms with Crippen LogP contribution in [-0.4, -0.2) is 5.54 Å². The van der Waals surface area contributed by atoms with Crippen LogP contribution in [0.2, 0.25) is 0 Å². The SMILES string of the molecule is CC12CCC(NN=N)(CC1)C2. The van der Waals surface area contributed by atoms with Gasteiger partial charge in [0.25, 0.3) is 0 Å². The first kappa shape index (κ1) is 7.07. The number of nitrogens with one attached hydrogen (secondary N) is 2. The van der Waals surface area contributed by atoms with Gasteiger partial charge in [0.1, 0.15) is 0 Å². The highest BCUT2D eigenvalue weighted by Crippen LogP contribution is 2.55. The van der Waals surface area contributed by atoms with E-state index >= 15 is 0 Å². The molecule has 2 aliphatic carbocycles. The molecule has 0 aromatic heterocycles. The van der Waals surface area contributed by atoms with E-state index in [4.69, 9.17) is 5.53 Å². The van der Waals surface area contributed by atoms with Gasteiger partial charge >= 0.3 is 0 Å². The summed E-state index contributed by atoms with van der Waals surface area (Å²) >= 11 is 0. The van der Waals surface area contributed by atoms with Crippen LogP contribution in [0.1, 0.15) is 39.0 Å². The van der Waals surface area contributed by atoms with E-state index in [0.717, 1.165) is 0 Å². The molecule has 3 heteroatoms. The maximum absolute atomic E-state index is 6.79. The van der Waals surface area contributed by atoms with Crippen LogP contribution in [0, 0.1) is 10.9 Å². The van der Waals surface area contributed by atoms with Crippen LogP contribution in [0.25, 0.3) is 0 Å². The van der Waals surface area contributed by atoms with Gasteiger partial charge in [0, 0.05) is 0 Å². The Hall–Kier alpha value is -0.600. The summed E-state index contributed by atoms with van der Waals surface area (Å²) in [6, 6.07) is 0. The second kappa shape index (κ2) is 1.96. The van der Waals surface area contributed by atoms with E-state index < -0.39 is 0 Å². The quantitative estimate of drug-likeness (QED) is 0.464. The fourth-order valence-electron chi connectivity index (χ4n) is 2.77. The summed E-state index contributed by atoms with van der Waals surface area (Å²) in [6.07, 6.45) is 6.28. The second-order valence-electron chi connectivity index (χ2n) is 4.49. The number of hydrogen-bond acceptors (Lipinski definition) is 2. The van der Waals surface area contributed by atoms with Gasteiger partial charge in [0.2, 0.25) is 0 Å². The van der Waals surface area contributed by atoms with Gasteiger partial charge in [-0.15, -0.1) is 0 Å². The maximum atomic E-state index is 6.79. The van der Waals surface area contributed by atoms with E-state index in [1.165, 1.54) is 32.1 Å². The van der Waals surface area contributed by atoms with Crippen molar-refractivity contribution in [2.24, 2.45) is 10.6 Å². The first-order valence-electron chi connectivity index (χ1n) is 4.32. The summed E-state index contributed by atoms with van der Waals surface area (Å²) in [5.74, 6) is 0. The van der Waals surface area contributed by atoms with Crippen molar-refractivity contribution in [1.29, 1.82) is 5.53 Å². The molecule has 0 saturated heterocycles. The van der Waals surface area contributed by atoms with Crippen molar-refractivity contribution in [3.05, 3.63) is 0 Å². The Morgan fingerprint density at radius 3 is 2.27 bits per heavy atom. The van der Waals surface area contributed by atoms with Crippen LogP contribution in [0.5, 0.6) is 0 Å². The van der Waals surface area contributed by atoms with Crippen LogP contribution >= 0.6 is 0 Å². The second-order valence-corrected chi connectivity index (χ2v) is 4.49. The van der Waals surface area contributed by atoms with Gasteiger partial charge in [-0.2, -0.15) is 5.53 Å². The Labute approximate surface area is 67.0 Å². The topological polar surface area (TPSA) is 48.2 Å². The molecule has 0 aromatic rings. The number of fused-ring (bicyclic) bond motifs is 2. The normalized spacial score (nSPS) is 47.7. The molecule has 0 aromatic carbocycles. The summed E-state index contributed by atoms with van der Waals surface area (Å²) in [5.41, 5.74) is 10.5. The lowest BCUT2D eigenvalue weighted by Gasteiger charge is -2.25. The van der Waals surface area contributed by atoms with Gasteiger partial charge in [-0.1, -0.05) is 12.1 Å². The van der Waals surface area contributed by atoms with Crippen molar-refractivity contribution in [3.8, 4) is 0 Å². The smallest absolute Gasteiger partial charge is 0.0571 e. The number of rotatable bonds is 2. The Morgan fingerprint density at radius 1 is 1.27 bits per heavy atom. The van der Waals surface area contributed by atoms with Crippen molar-refractivity contribution in [3.63, 3.8) is 0 Å². The molecule has 0 amide bonds. The highest BCUT2D eigenvalue weighted by Gasteiger charge is 2.51. The lowest BCUT2D eigenvalue weighted by Crippen LogP contribution is -2.36. The molecule has 2 N–H and O–H groups in total. The van der Waals surface area contributed by atoms with Crippen molar-refractivity contribution in [2.45, 2.75) is 44.6 Å². The number of hydrogen-bond donors (Lipinski definition) is 2. The lowest BCUT2D eigenvalue weighted by molar-refractivity contribution is 0.305. The van der Waals surface area contributed by atoms with Crippen LogP contribution in [0.3, 0.4) is 0 Å². The van der Waals surface area contributed by atoms with Gasteiger partial charge in [-0.25, -0.2) is 0 Å². The van der Waals surface area contributed by atoms with Crippen LogP contribution < -0.4 is 5.43 Å². The molecule has 0 aliphatic heterocycles. The fraction of sp³-hybridized carbons (Fsp3) is 1.00. The lowest BCUT2D eigenvalue weighted by atomic mass is 9.86. The van der Waals surface area contributed by atoms with E-state index in [1.54, 1.807) is 0 Å². The Morgan fingerprint density at radius 2 is 1.91 bits per heavy atom. The molecule has 2 aliphatic rings. The molecule has 0 heterocycles. The monoisotopic (exact) mass is 153 g/mol. The summed E-state index contributed by atoms with van der Waals surface area (Å²) in [5, 5.41) is 3.32. The molecule has 2 saturated carbocycles. The average molecular weight is 153 g/mol. The third kappa shape index (κ3) is 0.940. The standard InChI is InChI=1S/C8H15N3/c1-7-2-4-8(6-7,5-3-7)10-11-9/h2-6H2,1H3,(H2,9,10). The minimum atomic E-state index is 0.219. The molecule has 2 fully saturated rings. The van der Waals surface area contributed by atoms with Gasteiger partial charge in [-0.05, 0) is 37.5 Å². The summed E-state index contributed by atoms with van der Waals surface area (Å²) in [4.78, 5) is 0. The first-order chi connectivity index (χ1) is 5.18. The molecular weight excluding hydrogens is 138 g/mol. The predicted molar refractivity (Wildman–Crippen MR) is 42.2 cm³/mol. The zero-order chi connectivity index (χ0) is 7.95. The predicted octanol–water partition coefficient (Wildman–Crippen LogP) is 2.24. The molecule has 2 rings (SSSR count). The fourth-order valence-corrected chi connectivity index (χ4v) is 2.77. The average Bonchev–Trinajstić information content (AvgIpc) is 2.42. The number of nitrogens with zero attached hydrogens (tertiary/aromatic N) is 1. The molecule has 62 valence electrons. The van der Waals surface area contributed by atoms with Crippen LogP contribution in [0.15, 0.2) is 5.22 Å². The highest BCUT2D eigenvalue weighted by molar-refractivity contribution is 5.07. The Kier molecular flexibility index (Phi) is 1.26. The highest BCUT2D eigenvalue weighted by atomic mass is 15.4. The first-order valence-corrected chi connectivity index (χ1v) is 4.32. The molecule has 3 nitrogen and oxygen atoms in total. The molecule has 0 atom stereocenters. The zero-order valence-electron chi connectivity index (χ0n) is 6.98. The minimum absolute atomic E-state index is 0.219. The third-order valence-corrected chi connectivity index (χ3v) is 3.47. The van der Waals surface area contributed by atoms with Crippen molar-refractivity contribution in [2.75, 3.05) is 0 Å². The van der Waals surface area contributed by atoms with E-state index in [1.807, 2.05) is 0 Å². The molecule has 11 heavy (non-hydrogen) atoms. The molecule has 0 unspecified atom stereocenters. The van der Waals surface area contributed by atoms with Crippen LogP contribution in [-0.2, 0) is 0 Å². The molecular formula is C8H15N3. The van der Waals surface area contributed by atoms with E-state index in [9.17, 15) is 0 Å². The Balaban J connectivity index is 2.13. The largest absolute Gasteiger partial charge is 0.286 e. The van der Waals surface area contributed by atoms with Gasteiger partial charge < -0.3 is 0 Å². The molecule has 2 bridgehead atoms. The van der Waals surface area contributed by atoms with Gasteiger partial charge in [-0.3, -0.25) is 5.43 Å². The summed E-state index contributed by atoms with van der Waals surface area (Å²) in [6.45, 7) is 2.35. The molecule has 0 radical (unpaired) electrons. The van der Waals surface area contributed by atoms with Crippen LogP contribution in [0.4, 0.5) is 0 Å².